The van der Waals surface area contributed by atoms with Gasteiger partial charge in [-0.1, -0.05) is 150 Å². The number of aliphatic hydroxyl groups is 2. The number of hydrogen-bond acceptors (Lipinski definition) is 7. The van der Waals surface area contributed by atoms with Crippen LogP contribution in [0.1, 0.15) is 65.8 Å². The van der Waals surface area contributed by atoms with Gasteiger partial charge in [-0.3, -0.25) is 14.4 Å². The molecule has 0 saturated carbocycles. The lowest BCUT2D eigenvalue weighted by Gasteiger charge is -2.05. The van der Waals surface area contributed by atoms with E-state index in [9.17, 15) is 29.7 Å². The van der Waals surface area contributed by atoms with Crippen molar-refractivity contribution in [2.24, 2.45) is 0 Å². The first kappa shape index (κ1) is 54.7. The number of benzene rings is 8. The highest BCUT2D eigenvalue weighted by Gasteiger charge is 2.19. The molecule has 0 spiro atoms. The van der Waals surface area contributed by atoms with Crippen molar-refractivity contribution in [1.29, 1.82) is 0 Å². The third-order valence-electron chi connectivity index (χ3n) is 13.1. The molecule has 0 radical (unpaired) electrons. The molecule has 0 unspecified atom stereocenters. The van der Waals surface area contributed by atoms with Crippen LogP contribution in [0.15, 0.2) is 225 Å². The molecule has 0 atom stereocenters. The van der Waals surface area contributed by atoms with E-state index in [4.69, 9.17) is 39.5 Å². The molecule has 13 heteroatoms. The average molecular weight is 1110 g/mol. The van der Waals surface area contributed by atoms with Gasteiger partial charge in [-0.2, -0.15) is 0 Å². The van der Waals surface area contributed by atoms with E-state index in [-0.39, 0.29) is 34.4 Å². The molecule has 11 rings (SSSR count). The SMILES string of the molecule is CC(=O)c1cn(Cc2ccccc2)c2ccc(Cl)cc12.COc1ccccc1C(=O)C=C(O)c1cn(Cc2ccccc2)c2ccc(Cl)cc12.O=C(C=C(O)c1cn(Cc2ccccc2)c2ccc(Cl)cc12)c1ccccc1O. The summed E-state index contributed by atoms with van der Waals surface area (Å²) in [4.78, 5) is 37.1. The second-order valence-electron chi connectivity index (χ2n) is 18.5. The van der Waals surface area contributed by atoms with Crippen molar-refractivity contribution in [2.75, 3.05) is 7.11 Å². The fourth-order valence-corrected chi connectivity index (χ4v) is 9.84. The molecule has 3 N–H and O–H groups in total. The lowest BCUT2D eigenvalue weighted by Crippen LogP contribution is -2.00. The molecule has 11 aromatic rings. The summed E-state index contributed by atoms with van der Waals surface area (Å²) in [6, 6.07) is 60.0. The van der Waals surface area contributed by atoms with Crippen molar-refractivity contribution >= 4 is 96.4 Å². The minimum Gasteiger partial charge on any atom is -0.507 e. The number of para-hydroxylation sites is 2. The van der Waals surface area contributed by atoms with Crippen LogP contribution < -0.4 is 4.74 Å². The largest absolute Gasteiger partial charge is 0.507 e. The molecule has 3 heterocycles. The van der Waals surface area contributed by atoms with Crippen LogP contribution in [-0.2, 0) is 19.6 Å². The minimum absolute atomic E-state index is 0.0593. The monoisotopic (exact) mass is 1100 g/mol. The molecule has 0 fully saturated rings. The molecule has 0 amide bonds. The van der Waals surface area contributed by atoms with Crippen molar-refractivity contribution in [3.8, 4) is 11.5 Å². The first-order valence-corrected chi connectivity index (χ1v) is 26.2. The number of ether oxygens (including phenoxy) is 1. The van der Waals surface area contributed by atoms with Crippen molar-refractivity contribution in [1.82, 2.24) is 13.7 Å². The number of aromatic nitrogens is 3. The Labute approximate surface area is 471 Å². The second-order valence-corrected chi connectivity index (χ2v) is 19.8. The van der Waals surface area contributed by atoms with Crippen LogP contribution in [0.5, 0.6) is 11.5 Å². The summed E-state index contributed by atoms with van der Waals surface area (Å²) in [6.07, 6.45) is 7.90. The summed E-state index contributed by atoms with van der Waals surface area (Å²) in [5.41, 5.74) is 8.57. The van der Waals surface area contributed by atoms with Crippen LogP contribution in [0.3, 0.4) is 0 Å². The van der Waals surface area contributed by atoms with Gasteiger partial charge in [-0.25, -0.2) is 0 Å². The number of phenolic OH excluding ortho intramolecular Hbond substituents is 1. The normalized spacial score (nSPS) is 11.5. The van der Waals surface area contributed by atoms with Crippen LogP contribution in [0, 0.1) is 0 Å². The topological polar surface area (TPSA) is 136 Å². The summed E-state index contributed by atoms with van der Waals surface area (Å²) in [6.45, 7) is 3.57. The Hall–Kier alpha value is -9.06. The lowest BCUT2D eigenvalue weighted by molar-refractivity contribution is 0.101. The summed E-state index contributed by atoms with van der Waals surface area (Å²) >= 11 is 18.4. The Kier molecular flexibility index (Phi) is 17.3. The molecule has 0 bridgehead atoms. The van der Waals surface area contributed by atoms with Crippen molar-refractivity contribution in [3.63, 3.8) is 0 Å². The van der Waals surface area contributed by atoms with E-state index >= 15 is 0 Å². The second kappa shape index (κ2) is 24.9. The molecule has 79 heavy (non-hydrogen) atoms. The van der Waals surface area contributed by atoms with Gasteiger partial charge in [0.25, 0.3) is 0 Å². The summed E-state index contributed by atoms with van der Waals surface area (Å²) in [7, 11) is 1.51. The number of fused-ring (bicyclic) bond motifs is 3. The van der Waals surface area contributed by atoms with Crippen molar-refractivity contribution in [2.45, 2.75) is 26.6 Å². The third kappa shape index (κ3) is 13.0. The van der Waals surface area contributed by atoms with Gasteiger partial charge < -0.3 is 33.8 Å². The maximum absolute atomic E-state index is 12.8. The highest BCUT2D eigenvalue weighted by Crippen LogP contribution is 2.33. The number of carbonyl (C=O) groups is 3. The number of Topliss-reactive ketones (excluding diaryl/α,β-unsaturated/α-hetero) is 1. The number of carbonyl (C=O) groups excluding carboxylic acids is 3. The molecule has 10 nitrogen and oxygen atoms in total. The maximum Gasteiger partial charge on any atom is 0.193 e. The van der Waals surface area contributed by atoms with E-state index in [0.29, 0.717) is 50.6 Å². The Morgan fingerprint density at radius 1 is 0.443 bits per heavy atom. The van der Waals surface area contributed by atoms with Crippen LogP contribution in [0.4, 0.5) is 0 Å². The van der Waals surface area contributed by atoms with E-state index in [1.165, 1.54) is 30.9 Å². The molecular weight excluding hydrogens is 1050 g/mol. The quantitative estimate of drug-likeness (QED) is 0.0560. The van der Waals surface area contributed by atoms with E-state index in [1.807, 2.05) is 137 Å². The molecule has 0 saturated heterocycles. The number of ketones is 3. The Bertz CT molecular complexity index is 4070. The first-order valence-electron chi connectivity index (χ1n) is 25.0. The zero-order valence-electron chi connectivity index (χ0n) is 42.9. The summed E-state index contributed by atoms with van der Waals surface area (Å²) < 4.78 is 11.4. The Morgan fingerprint density at radius 2 is 0.785 bits per heavy atom. The van der Waals surface area contributed by atoms with Gasteiger partial charge in [0.05, 0.1) is 18.2 Å². The Morgan fingerprint density at radius 3 is 1.18 bits per heavy atom. The van der Waals surface area contributed by atoms with E-state index in [2.05, 4.69) is 16.7 Å². The van der Waals surface area contributed by atoms with Gasteiger partial charge in [0.15, 0.2) is 17.3 Å². The zero-order valence-corrected chi connectivity index (χ0v) is 45.2. The van der Waals surface area contributed by atoms with E-state index < -0.39 is 5.78 Å². The number of nitrogens with zero attached hydrogens (tertiary/aromatic N) is 3. The van der Waals surface area contributed by atoms with E-state index in [1.54, 1.807) is 67.7 Å². The minimum atomic E-state index is -0.480. The molecule has 0 aliphatic carbocycles. The molecule has 8 aromatic carbocycles. The van der Waals surface area contributed by atoms with Gasteiger partial charge in [-0.05, 0) is 102 Å². The van der Waals surface area contributed by atoms with E-state index in [0.717, 1.165) is 62.0 Å². The van der Waals surface area contributed by atoms with Crippen molar-refractivity contribution in [3.05, 3.63) is 284 Å². The number of methoxy groups -OCH3 is 1. The Balaban J connectivity index is 0.000000147. The number of rotatable bonds is 14. The number of hydrogen-bond donors (Lipinski definition) is 3. The third-order valence-corrected chi connectivity index (χ3v) is 13.8. The predicted molar refractivity (Wildman–Crippen MR) is 318 cm³/mol. The zero-order chi connectivity index (χ0) is 55.6. The van der Waals surface area contributed by atoms with Gasteiger partial charge >= 0.3 is 0 Å². The number of halogens is 3. The van der Waals surface area contributed by atoms with Gasteiger partial charge in [0.2, 0.25) is 0 Å². The molecule has 0 aliphatic rings. The molecule has 0 aliphatic heterocycles. The highest BCUT2D eigenvalue weighted by molar-refractivity contribution is 6.32. The standard InChI is InChI=1S/C25H20ClNO3.C24H18ClNO3.C17H14ClNO/c1-30-25-10-6-5-9-19(25)23(28)14-24(29)21-16-27(15-17-7-3-2-4-8-17)22-12-11-18(26)13-20(21)22;25-17-10-11-21-19(12-17)20(15-26(21)14-16-6-2-1-3-7-16)24(29)13-23(28)18-8-4-5-9-22(18)27;1-12(20)16-11-19(10-13-5-3-2-4-6-13)17-8-7-14(18)9-15(16)17/h2-14,16,29H,15H2,1H3;1-13,15,27,29H,14H2;2-9,11H,10H2,1H3. The van der Waals surface area contributed by atoms with Crippen LogP contribution >= 0.6 is 34.8 Å². The number of aromatic hydroxyl groups is 1. The molecule has 394 valence electrons. The molecule has 3 aromatic heterocycles. The van der Waals surface area contributed by atoms with Gasteiger partial charge in [0, 0.05) is 115 Å². The summed E-state index contributed by atoms with van der Waals surface area (Å²) in [5.74, 6) is -0.730. The maximum atomic E-state index is 12.8. The number of allylic oxidation sites excluding steroid dienone is 2. The predicted octanol–water partition coefficient (Wildman–Crippen LogP) is 16.5. The van der Waals surface area contributed by atoms with Gasteiger partial charge in [-0.15, -0.1) is 0 Å². The van der Waals surface area contributed by atoms with Crippen LogP contribution in [-0.4, -0.2) is 53.5 Å². The van der Waals surface area contributed by atoms with Gasteiger partial charge in [0.1, 0.15) is 23.0 Å². The highest BCUT2D eigenvalue weighted by atomic mass is 35.5. The fourth-order valence-electron chi connectivity index (χ4n) is 9.32. The molecular formula is C66H52Cl3N3O7. The van der Waals surface area contributed by atoms with Crippen molar-refractivity contribution < 1.29 is 34.4 Å². The lowest BCUT2D eigenvalue weighted by atomic mass is 10.1. The average Bonchev–Trinajstić information content (AvgIpc) is 4.32. The smallest absolute Gasteiger partial charge is 0.193 e. The fraction of sp³-hybridized carbons (Fsp3) is 0.0758. The number of aliphatic hydroxyl groups excluding tert-OH is 2. The van der Waals surface area contributed by atoms with Crippen LogP contribution in [0.25, 0.3) is 44.2 Å². The van der Waals surface area contributed by atoms with Crippen LogP contribution in [0.2, 0.25) is 15.1 Å². The number of phenols is 1. The summed E-state index contributed by atoms with van der Waals surface area (Å²) in [5, 5.41) is 35.6. The first-order chi connectivity index (χ1) is 38.2.